The van der Waals surface area contributed by atoms with Gasteiger partial charge in [-0.05, 0) is 105 Å². The van der Waals surface area contributed by atoms with Crippen molar-refractivity contribution in [3.8, 4) is 11.3 Å². The number of carbonyl (C=O) groups excluding carboxylic acids is 4. The number of nitrogens with one attached hydrogen (secondary N) is 4. The molecule has 4 fully saturated rings. The molecule has 0 aliphatic carbocycles. The van der Waals surface area contributed by atoms with Gasteiger partial charge in [-0.3, -0.25) is 19.7 Å². The maximum Gasteiger partial charge on any atom is 0.317 e. The fourth-order valence-corrected chi connectivity index (χ4v) is 8.53. The third-order valence-corrected chi connectivity index (χ3v) is 12.0. The van der Waals surface area contributed by atoms with Gasteiger partial charge in [0.1, 0.15) is 6.04 Å². The van der Waals surface area contributed by atoms with Crippen molar-refractivity contribution >= 4 is 41.1 Å². The molecule has 1 atom stereocenters. The number of aromatic nitrogens is 2. The van der Waals surface area contributed by atoms with Crippen LogP contribution in [-0.4, -0.2) is 112 Å². The maximum absolute atomic E-state index is 13.4. The summed E-state index contributed by atoms with van der Waals surface area (Å²) in [5, 5.41) is 12.0. The first kappa shape index (κ1) is 40.9. The lowest BCUT2D eigenvalue weighted by atomic mass is 9.88. The minimum Gasteiger partial charge on any atom is -0.374 e. The van der Waals surface area contributed by atoms with Gasteiger partial charge in [-0.25, -0.2) is 14.8 Å². The fraction of sp³-hybridized carbons (Fsp3) is 0.435. The van der Waals surface area contributed by atoms with Crippen molar-refractivity contribution in [2.24, 2.45) is 5.92 Å². The Kier molecular flexibility index (Phi) is 12.4. The van der Waals surface area contributed by atoms with Gasteiger partial charge in [0.05, 0.1) is 31.0 Å². The largest absolute Gasteiger partial charge is 0.374 e. The molecule has 4 aliphatic rings. The van der Waals surface area contributed by atoms with E-state index in [9.17, 15) is 19.2 Å². The van der Waals surface area contributed by atoms with Gasteiger partial charge < -0.3 is 35.4 Å². The Morgan fingerprint density at radius 3 is 2.42 bits per heavy atom. The summed E-state index contributed by atoms with van der Waals surface area (Å²) in [4.78, 5) is 65.2. The van der Waals surface area contributed by atoms with Crippen LogP contribution in [0, 0.1) is 12.8 Å². The Morgan fingerprint density at radius 2 is 1.68 bits per heavy atom. The molecule has 1 unspecified atom stereocenters. The molecular weight excluding hydrogens is 759 g/mol. The summed E-state index contributed by atoms with van der Waals surface area (Å²) in [7, 11) is 0. The summed E-state index contributed by atoms with van der Waals surface area (Å²) in [6.45, 7) is 12.3. The number of nitrogens with zero attached hydrogens (tertiary/aromatic N) is 5. The van der Waals surface area contributed by atoms with Gasteiger partial charge in [0.2, 0.25) is 17.8 Å². The second kappa shape index (κ2) is 18.2. The van der Waals surface area contributed by atoms with Crippen molar-refractivity contribution in [3.05, 3.63) is 101 Å². The van der Waals surface area contributed by atoms with E-state index in [4.69, 9.17) is 9.72 Å². The smallest absolute Gasteiger partial charge is 0.317 e. The molecule has 5 amide bonds. The van der Waals surface area contributed by atoms with E-state index >= 15 is 0 Å². The monoisotopic (exact) mass is 813 g/mol. The quantitative estimate of drug-likeness (QED) is 0.124. The Balaban J connectivity index is 0.756. The molecule has 4 aromatic rings. The number of carbonyl (C=O) groups is 4. The first-order valence-corrected chi connectivity index (χ1v) is 21.2. The van der Waals surface area contributed by atoms with Crippen LogP contribution in [0.2, 0.25) is 0 Å². The number of benzene rings is 3. The van der Waals surface area contributed by atoms with Crippen LogP contribution in [-0.2, 0) is 20.9 Å². The van der Waals surface area contributed by atoms with Crippen molar-refractivity contribution in [2.45, 2.75) is 77.2 Å². The molecule has 314 valence electrons. The van der Waals surface area contributed by atoms with E-state index in [0.29, 0.717) is 61.5 Å². The molecule has 0 bridgehead atoms. The second-order valence-corrected chi connectivity index (χ2v) is 16.9. The summed E-state index contributed by atoms with van der Waals surface area (Å²) < 4.78 is 5.76. The van der Waals surface area contributed by atoms with Gasteiger partial charge in [0.25, 0.3) is 5.91 Å². The molecule has 3 aromatic carbocycles. The molecule has 14 nitrogen and oxygen atoms in total. The molecule has 1 aromatic heterocycles. The highest BCUT2D eigenvalue weighted by molar-refractivity contribution is 6.01. The van der Waals surface area contributed by atoms with Crippen molar-refractivity contribution in [3.63, 3.8) is 0 Å². The standard InChI is InChI=1S/C46H55N9O5/c1-29(2)60-39-27-55(28-39)46(59)48-23-35-8-7-33(21-30(35)3)40-15-18-47-45(51-40)50-37-11-9-32(10-12-37)36-25-53(26-36)24-31-16-19-54(20-17-31)44(58)34-5-4-6-38(22-34)49-41-13-14-42(56)52-43(41)57/h4-12,15,18,21-22,29,31,36,39,41,49H,13-14,16-17,19-20,23-28H2,1-3H3,(H,48,59)(H,47,50,51)(H,52,56,57). The zero-order chi connectivity index (χ0) is 41.8. The fourth-order valence-electron chi connectivity index (χ4n) is 8.53. The van der Waals surface area contributed by atoms with Crippen molar-refractivity contribution < 1.29 is 23.9 Å². The van der Waals surface area contributed by atoms with Gasteiger partial charge >= 0.3 is 6.03 Å². The number of aryl methyl sites for hydroxylation is 1. The highest BCUT2D eigenvalue weighted by atomic mass is 16.5. The van der Waals surface area contributed by atoms with Gasteiger partial charge in [-0.15, -0.1) is 0 Å². The van der Waals surface area contributed by atoms with Gasteiger partial charge in [0, 0.05) is 80.3 Å². The van der Waals surface area contributed by atoms with Crippen LogP contribution in [0.1, 0.15) is 72.5 Å². The minimum atomic E-state index is -0.489. The average Bonchev–Trinajstić information content (AvgIpc) is 3.21. The van der Waals surface area contributed by atoms with Crippen LogP contribution in [0.3, 0.4) is 0 Å². The van der Waals surface area contributed by atoms with Crippen molar-refractivity contribution in [2.75, 3.05) is 56.4 Å². The van der Waals surface area contributed by atoms with Crippen LogP contribution in [0.15, 0.2) is 79.0 Å². The zero-order valence-corrected chi connectivity index (χ0v) is 34.7. The Morgan fingerprint density at radius 1 is 0.900 bits per heavy atom. The minimum absolute atomic E-state index is 0.00990. The summed E-state index contributed by atoms with van der Waals surface area (Å²) in [6.07, 6.45) is 4.73. The van der Waals surface area contributed by atoms with Gasteiger partial charge in [-0.2, -0.15) is 0 Å². The number of ether oxygens (including phenoxy) is 1. The first-order chi connectivity index (χ1) is 29.0. The lowest BCUT2D eigenvalue weighted by Gasteiger charge is -2.43. The number of piperidine rings is 2. The van der Waals surface area contributed by atoms with E-state index in [1.54, 1.807) is 17.2 Å². The molecule has 60 heavy (non-hydrogen) atoms. The third kappa shape index (κ3) is 9.94. The van der Waals surface area contributed by atoms with E-state index in [0.717, 1.165) is 73.6 Å². The van der Waals surface area contributed by atoms with E-state index < -0.39 is 6.04 Å². The zero-order valence-electron chi connectivity index (χ0n) is 34.7. The normalized spacial score (nSPS) is 19.1. The third-order valence-electron chi connectivity index (χ3n) is 12.0. The number of imide groups is 1. The van der Waals surface area contributed by atoms with Crippen LogP contribution in [0.4, 0.5) is 22.1 Å². The predicted octanol–water partition coefficient (Wildman–Crippen LogP) is 5.68. The molecule has 4 N–H and O–H groups in total. The number of rotatable bonds is 13. The van der Waals surface area contributed by atoms with Crippen LogP contribution < -0.4 is 21.3 Å². The molecule has 14 heteroatoms. The molecule has 4 aliphatic heterocycles. The lowest BCUT2D eigenvalue weighted by molar-refractivity contribution is -0.133. The summed E-state index contributed by atoms with van der Waals surface area (Å²) >= 11 is 0. The molecule has 0 spiro atoms. The molecule has 0 radical (unpaired) electrons. The highest BCUT2D eigenvalue weighted by Gasteiger charge is 2.33. The van der Waals surface area contributed by atoms with Crippen LogP contribution in [0.5, 0.6) is 0 Å². The van der Waals surface area contributed by atoms with Crippen LogP contribution >= 0.6 is 0 Å². The van der Waals surface area contributed by atoms with Crippen molar-refractivity contribution in [1.82, 2.24) is 35.3 Å². The summed E-state index contributed by atoms with van der Waals surface area (Å²) in [6, 6.07) is 23.4. The van der Waals surface area contributed by atoms with E-state index in [2.05, 4.69) is 68.4 Å². The molecule has 8 rings (SSSR count). The second-order valence-electron chi connectivity index (χ2n) is 16.9. The molecule has 5 heterocycles. The Bertz CT molecular complexity index is 2190. The van der Waals surface area contributed by atoms with Gasteiger partial charge in [0.15, 0.2) is 0 Å². The SMILES string of the molecule is Cc1cc(-c2ccnc(Nc3ccc(C4CN(CC5CCN(C(=O)c6cccc(NC7CCC(=O)NC7=O)c6)CC5)C4)cc3)n2)ccc1CNC(=O)N1CC(OC(C)C)C1. The topological polar surface area (TPSA) is 161 Å². The Labute approximate surface area is 351 Å². The predicted molar refractivity (Wildman–Crippen MR) is 230 cm³/mol. The molecule has 0 saturated carbocycles. The van der Waals surface area contributed by atoms with Crippen LogP contribution in [0.25, 0.3) is 11.3 Å². The molecule has 4 saturated heterocycles. The number of amides is 5. The average molecular weight is 814 g/mol. The van der Waals surface area contributed by atoms with E-state index in [1.165, 1.54) is 5.56 Å². The summed E-state index contributed by atoms with van der Waals surface area (Å²) in [5.41, 5.74) is 7.49. The number of hydrogen-bond acceptors (Lipinski definition) is 10. The first-order valence-electron chi connectivity index (χ1n) is 21.2. The van der Waals surface area contributed by atoms with Crippen molar-refractivity contribution in [1.29, 1.82) is 0 Å². The highest BCUT2D eigenvalue weighted by Crippen LogP contribution is 2.31. The summed E-state index contributed by atoms with van der Waals surface area (Å²) in [5.74, 6) is 1.01. The van der Waals surface area contributed by atoms with E-state index in [-0.39, 0.29) is 36.0 Å². The van der Waals surface area contributed by atoms with Gasteiger partial charge in [-0.1, -0.05) is 30.3 Å². The number of likely N-dealkylation sites (tertiary alicyclic amines) is 3. The number of anilines is 3. The lowest BCUT2D eigenvalue weighted by Crippen LogP contribution is -2.58. The molecular formula is C46H55N9O5. The maximum atomic E-state index is 13.4. The number of hydrogen-bond donors (Lipinski definition) is 4. The Hall–Kier alpha value is -5.86. The van der Waals surface area contributed by atoms with E-state index in [1.807, 2.05) is 55.1 Å². The number of urea groups is 1.